The van der Waals surface area contributed by atoms with Gasteiger partial charge in [0.1, 0.15) is 11.5 Å². The van der Waals surface area contributed by atoms with Crippen molar-refractivity contribution in [1.29, 1.82) is 0 Å². The number of fused-ring (bicyclic) bond motifs is 1. The van der Waals surface area contributed by atoms with Crippen molar-refractivity contribution in [3.63, 3.8) is 0 Å². The summed E-state index contributed by atoms with van der Waals surface area (Å²) in [6.45, 7) is 5.02. The second kappa shape index (κ2) is 8.06. The van der Waals surface area contributed by atoms with Crippen molar-refractivity contribution < 1.29 is 4.39 Å². The lowest BCUT2D eigenvalue weighted by Crippen LogP contribution is -2.41. The highest BCUT2D eigenvalue weighted by Gasteiger charge is 2.20. The molecule has 6 heteroatoms. The number of benzene rings is 1. The molecular weight excluding hydrogens is 351 g/mol. The average Bonchev–Trinajstić information content (AvgIpc) is 3.01. The molecule has 3 heterocycles. The molecule has 0 saturated carbocycles. The summed E-state index contributed by atoms with van der Waals surface area (Å²) in [5.41, 5.74) is 4.33. The number of aryl methyl sites for hydroxylation is 1. The van der Waals surface area contributed by atoms with Gasteiger partial charge in [-0.05, 0) is 62.2 Å². The van der Waals surface area contributed by atoms with Crippen LogP contribution in [0, 0.1) is 12.7 Å². The van der Waals surface area contributed by atoms with Crippen LogP contribution in [0.4, 0.5) is 10.1 Å². The van der Waals surface area contributed by atoms with Crippen molar-refractivity contribution in [2.24, 2.45) is 0 Å². The number of aromatic nitrogens is 2. The second-order valence-corrected chi connectivity index (χ2v) is 6.88. The van der Waals surface area contributed by atoms with Crippen LogP contribution in [0.25, 0.3) is 5.65 Å². The second-order valence-electron chi connectivity index (χ2n) is 6.88. The zero-order valence-corrected chi connectivity index (χ0v) is 15.7. The Kier molecular flexibility index (Phi) is 5.79. The SMILES string of the molecule is Cc1cccn2cc(CN3CCCC(Nc4ccc(F)cc4)C3)nc12.Cl. The summed E-state index contributed by atoms with van der Waals surface area (Å²) >= 11 is 0. The highest BCUT2D eigenvalue weighted by molar-refractivity contribution is 5.85. The Morgan fingerprint density at radius 2 is 2.04 bits per heavy atom. The molecule has 0 aliphatic carbocycles. The molecule has 0 bridgehead atoms. The molecular formula is C20H24ClFN4. The van der Waals surface area contributed by atoms with Crippen LogP contribution in [0.15, 0.2) is 48.8 Å². The summed E-state index contributed by atoms with van der Waals surface area (Å²) in [5.74, 6) is -0.196. The largest absolute Gasteiger partial charge is 0.381 e. The number of imidazole rings is 1. The third-order valence-corrected chi connectivity index (χ3v) is 4.83. The van der Waals surface area contributed by atoms with Gasteiger partial charge in [-0.25, -0.2) is 9.37 Å². The van der Waals surface area contributed by atoms with Crippen molar-refractivity contribution in [3.05, 3.63) is 65.9 Å². The van der Waals surface area contributed by atoms with Gasteiger partial charge in [0, 0.05) is 37.2 Å². The smallest absolute Gasteiger partial charge is 0.139 e. The van der Waals surface area contributed by atoms with E-state index >= 15 is 0 Å². The molecule has 138 valence electrons. The van der Waals surface area contributed by atoms with Crippen molar-refractivity contribution in [2.75, 3.05) is 18.4 Å². The van der Waals surface area contributed by atoms with Crippen LogP contribution in [0.5, 0.6) is 0 Å². The first-order chi connectivity index (χ1) is 12.2. The van der Waals surface area contributed by atoms with E-state index in [0.717, 1.165) is 49.5 Å². The molecule has 1 fully saturated rings. The number of nitrogens with one attached hydrogen (secondary N) is 1. The molecule has 0 spiro atoms. The van der Waals surface area contributed by atoms with Crippen LogP contribution in [0.2, 0.25) is 0 Å². The summed E-state index contributed by atoms with van der Waals surface area (Å²) in [4.78, 5) is 7.23. The molecule has 1 atom stereocenters. The zero-order valence-electron chi connectivity index (χ0n) is 14.9. The van der Waals surface area contributed by atoms with E-state index in [9.17, 15) is 4.39 Å². The predicted octanol–water partition coefficient (Wildman–Crippen LogP) is 4.28. The quantitative estimate of drug-likeness (QED) is 0.739. The Bertz CT molecular complexity index is 862. The lowest BCUT2D eigenvalue weighted by atomic mass is 10.1. The van der Waals surface area contributed by atoms with Crippen molar-refractivity contribution in [3.8, 4) is 0 Å². The molecule has 1 saturated heterocycles. The molecule has 1 aliphatic rings. The number of rotatable bonds is 4. The van der Waals surface area contributed by atoms with Gasteiger partial charge >= 0.3 is 0 Å². The fourth-order valence-corrected chi connectivity index (χ4v) is 3.61. The summed E-state index contributed by atoms with van der Waals surface area (Å²) in [7, 11) is 0. The van der Waals surface area contributed by atoms with Crippen LogP contribution in [-0.4, -0.2) is 33.4 Å². The number of hydrogen-bond acceptors (Lipinski definition) is 3. The van der Waals surface area contributed by atoms with Crippen LogP contribution in [-0.2, 0) is 6.54 Å². The zero-order chi connectivity index (χ0) is 17.2. The number of anilines is 1. The Morgan fingerprint density at radius 3 is 2.81 bits per heavy atom. The van der Waals surface area contributed by atoms with Crippen LogP contribution < -0.4 is 5.32 Å². The number of nitrogens with zero attached hydrogens (tertiary/aromatic N) is 3. The van der Waals surface area contributed by atoms with Gasteiger partial charge in [-0.15, -0.1) is 12.4 Å². The third kappa shape index (κ3) is 4.17. The highest BCUT2D eigenvalue weighted by atomic mass is 35.5. The van der Waals surface area contributed by atoms with Gasteiger partial charge in [-0.1, -0.05) is 6.07 Å². The average molecular weight is 375 g/mol. The first-order valence-corrected chi connectivity index (χ1v) is 8.85. The first kappa shape index (κ1) is 18.7. The Labute approximate surface area is 159 Å². The summed E-state index contributed by atoms with van der Waals surface area (Å²) in [5, 5.41) is 3.53. The van der Waals surface area contributed by atoms with Gasteiger partial charge in [0.2, 0.25) is 0 Å². The molecule has 1 unspecified atom stereocenters. The molecule has 1 aromatic carbocycles. The minimum absolute atomic E-state index is 0. The van der Waals surface area contributed by atoms with Crippen LogP contribution in [0.3, 0.4) is 0 Å². The Hall–Kier alpha value is -2.11. The normalized spacial score (nSPS) is 17.8. The minimum atomic E-state index is -0.196. The van der Waals surface area contributed by atoms with E-state index in [1.54, 1.807) is 12.1 Å². The minimum Gasteiger partial charge on any atom is -0.381 e. The highest BCUT2D eigenvalue weighted by Crippen LogP contribution is 2.19. The predicted molar refractivity (Wildman–Crippen MR) is 105 cm³/mol. The van der Waals surface area contributed by atoms with Gasteiger partial charge < -0.3 is 9.72 Å². The van der Waals surface area contributed by atoms with E-state index in [1.807, 2.05) is 6.20 Å². The number of hydrogen-bond donors (Lipinski definition) is 1. The summed E-state index contributed by atoms with van der Waals surface area (Å²) in [6, 6.07) is 11.1. The standard InChI is InChI=1S/C20H23FN4.ClH/c1-15-4-2-11-25-14-19(23-20(15)25)13-24-10-3-5-18(12-24)22-17-8-6-16(21)7-9-17;/h2,4,6-9,11,14,18,22H,3,5,10,12-13H2,1H3;1H. The fourth-order valence-electron chi connectivity index (χ4n) is 3.61. The van der Waals surface area contributed by atoms with Crippen molar-refractivity contribution in [1.82, 2.24) is 14.3 Å². The third-order valence-electron chi connectivity index (χ3n) is 4.83. The van der Waals surface area contributed by atoms with E-state index in [1.165, 1.54) is 17.7 Å². The maximum absolute atomic E-state index is 13.0. The van der Waals surface area contributed by atoms with E-state index in [-0.39, 0.29) is 18.2 Å². The first-order valence-electron chi connectivity index (χ1n) is 8.85. The maximum Gasteiger partial charge on any atom is 0.139 e. The van der Waals surface area contributed by atoms with Crippen LogP contribution in [0.1, 0.15) is 24.1 Å². The lowest BCUT2D eigenvalue weighted by Gasteiger charge is -2.33. The molecule has 2 aromatic heterocycles. The molecule has 4 rings (SSSR count). The fraction of sp³-hybridized carbons (Fsp3) is 0.350. The van der Waals surface area contributed by atoms with Gasteiger partial charge in [0.15, 0.2) is 0 Å². The van der Waals surface area contributed by atoms with E-state index in [4.69, 9.17) is 4.98 Å². The molecule has 3 aromatic rings. The van der Waals surface area contributed by atoms with E-state index in [0.29, 0.717) is 6.04 Å². The number of halogens is 2. The molecule has 1 aliphatic heterocycles. The lowest BCUT2D eigenvalue weighted by molar-refractivity contribution is 0.206. The molecule has 1 N–H and O–H groups in total. The number of likely N-dealkylation sites (tertiary alicyclic amines) is 1. The summed E-state index contributed by atoms with van der Waals surface area (Å²) in [6.07, 6.45) is 6.47. The monoisotopic (exact) mass is 374 g/mol. The molecule has 0 radical (unpaired) electrons. The van der Waals surface area contributed by atoms with Gasteiger partial charge in [0.25, 0.3) is 0 Å². The number of pyridine rings is 1. The van der Waals surface area contributed by atoms with Gasteiger partial charge in [0.05, 0.1) is 5.69 Å². The molecule has 4 nitrogen and oxygen atoms in total. The van der Waals surface area contributed by atoms with Crippen molar-refractivity contribution >= 4 is 23.7 Å². The van der Waals surface area contributed by atoms with Gasteiger partial charge in [-0.2, -0.15) is 0 Å². The number of piperidine rings is 1. The molecule has 26 heavy (non-hydrogen) atoms. The van der Waals surface area contributed by atoms with Crippen LogP contribution >= 0.6 is 12.4 Å². The van der Waals surface area contributed by atoms with E-state index < -0.39 is 0 Å². The molecule has 0 amide bonds. The van der Waals surface area contributed by atoms with Gasteiger partial charge in [-0.3, -0.25) is 4.90 Å². The topological polar surface area (TPSA) is 32.6 Å². The van der Waals surface area contributed by atoms with E-state index in [2.05, 4.69) is 39.9 Å². The Balaban J connectivity index is 0.00000196. The summed E-state index contributed by atoms with van der Waals surface area (Å²) < 4.78 is 15.1. The Morgan fingerprint density at radius 1 is 1.23 bits per heavy atom. The van der Waals surface area contributed by atoms with Crippen molar-refractivity contribution in [2.45, 2.75) is 32.4 Å². The maximum atomic E-state index is 13.0.